The maximum atomic E-state index is 14.9. The van der Waals surface area contributed by atoms with Crippen molar-refractivity contribution in [2.24, 2.45) is 11.8 Å². The van der Waals surface area contributed by atoms with Crippen LogP contribution in [0.2, 0.25) is 0 Å². The molecule has 1 saturated heterocycles. The molecule has 3 rings (SSSR count). The largest absolute Gasteiger partial charge is 0.393 e. The van der Waals surface area contributed by atoms with Gasteiger partial charge in [0.2, 0.25) is 0 Å². The molecule has 1 heterocycles. The predicted molar refractivity (Wildman–Crippen MR) is 139 cm³/mol. The van der Waals surface area contributed by atoms with Crippen LogP contribution in [0.15, 0.2) is 18.2 Å². The van der Waals surface area contributed by atoms with Crippen LogP contribution in [0.4, 0.5) is 13.6 Å². The molecule has 7 nitrogen and oxygen atoms in total. The third-order valence-electron chi connectivity index (χ3n) is 8.17. The summed E-state index contributed by atoms with van der Waals surface area (Å²) in [6.45, 7) is 1.98. The minimum absolute atomic E-state index is 0.0373. The van der Waals surface area contributed by atoms with E-state index in [4.69, 9.17) is 4.74 Å². The molecule has 37 heavy (non-hydrogen) atoms. The van der Waals surface area contributed by atoms with E-state index in [1.54, 1.807) is 12.0 Å². The number of nitrogens with one attached hydrogen (secondary N) is 2. The average Bonchev–Trinajstić information content (AvgIpc) is 2.89. The standard InChI is InChI=1S/C28H45F2N3O4/c1-31-18-22(17-20-10-12-23(34)13-11-20)32-27(35)33-15-6-7-21(19-33)28(36,14-3-4-16-37-2)24-8-5-9-25(29)26(24)30/h5,8-9,20-23,31,34,36H,3-4,6-7,10-19H2,1-2H3,(H,32,35)/t20-,21-,22+,23-,28+/m1/s1. The van der Waals surface area contributed by atoms with E-state index in [0.717, 1.165) is 38.2 Å². The number of hydrogen-bond donors (Lipinski definition) is 4. The maximum Gasteiger partial charge on any atom is 0.317 e. The summed E-state index contributed by atoms with van der Waals surface area (Å²) in [6.07, 6.45) is 6.97. The molecular formula is C28H45F2N3O4. The number of likely N-dealkylation sites (N-methyl/N-ethyl adjacent to an activating group) is 1. The number of piperidine rings is 1. The number of likely N-dealkylation sites (tertiary alicyclic amines) is 1. The second-order valence-electron chi connectivity index (χ2n) is 10.9. The summed E-state index contributed by atoms with van der Waals surface area (Å²) >= 11 is 0. The average molecular weight is 526 g/mol. The van der Waals surface area contributed by atoms with Crippen LogP contribution >= 0.6 is 0 Å². The van der Waals surface area contributed by atoms with E-state index in [9.17, 15) is 23.8 Å². The number of carbonyl (C=O) groups excluding carboxylic acids is 1. The smallest absolute Gasteiger partial charge is 0.317 e. The molecular weight excluding hydrogens is 480 g/mol. The highest BCUT2D eigenvalue weighted by atomic mass is 19.2. The molecule has 0 radical (unpaired) electrons. The molecule has 1 aromatic rings. The first-order valence-electron chi connectivity index (χ1n) is 13.8. The van der Waals surface area contributed by atoms with Crippen molar-refractivity contribution in [2.45, 2.75) is 82.0 Å². The van der Waals surface area contributed by atoms with Crippen LogP contribution in [0.1, 0.15) is 69.8 Å². The highest BCUT2D eigenvalue weighted by Crippen LogP contribution is 2.41. The number of amides is 2. The summed E-state index contributed by atoms with van der Waals surface area (Å²) in [7, 11) is 3.47. The zero-order valence-corrected chi connectivity index (χ0v) is 22.4. The van der Waals surface area contributed by atoms with E-state index in [0.29, 0.717) is 51.3 Å². The Hall–Kier alpha value is -1.81. The van der Waals surface area contributed by atoms with Gasteiger partial charge in [-0.15, -0.1) is 0 Å². The molecule has 0 aromatic heterocycles. The van der Waals surface area contributed by atoms with E-state index in [1.807, 2.05) is 7.05 Å². The van der Waals surface area contributed by atoms with Gasteiger partial charge in [-0.3, -0.25) is 0 Å². The van der Waals surface area contributed by atoms with Gasteiger partial charge in [0.1, 0.15) is 0 Å². The molecule has 4 N–H and O–H groups in total. The summed E-state index contributed by atoms with van der Waals surface area (Å²) in [6, 6.07) is 3.69. The number of unbranched alkanes of at least 4 members (excludes halogenated alkanes) is 1. The van der Waals surface area contributed by atoms with Gasteiger partial charge < -0.3 is 30.5 Å². The topological polar surface area (TPSA) is 94.1 Å². The molecule has 3 atom stereocenters. The Morgan fingerprint density at radius 1 is 1.22 bits per heavy atom. The van der Waals surface area contributed by atoms with Gasteiger partial charge in [0.15, 0.2) is 11.6 Å². The Morgan fingerprint density at radius 3 is 2.68 bits per heavy atom. The number of halogens is 2. The Bertz CT molecular complexity index is 853. The van der Waals surface area contributed by atoms with Gasteiger partial charge in [0.25, 0.3) is 0 Å². The summed E-state index contributed by atoms with van der Waals surface area (Å²) < 4.78 is 34.2. The van der Waals surface area contributed by atoms with Crippen LogP contribution in [-0.2, 0) is 10.3 Å². The van der Waals surface area contributed by atoms with Gasteiger partial charge in [0, 0.05) is 50.9 Å². The second kappa shape index (κ2) is 14.4. The fourth-order valence-electron chi connectivity index (χ4n) is 6.08. The first kappa shape index (κ1) is 29.7. The Labute approximate surface area is 220 Å². The van der Waals surface area contributed by atoms with Crippen molar-refractivity contribution >= 4 is 6.03 Å². The molecule has 0 unspecified atom stereocenters. The van der Waals surface area contributed by atoms with Crippen LogP contribution in [0.3, 0.4) is 0 Å². The van der Waals surface area contributed by atoms with Crippen molar-refractivity contribution < 1.29 is 28.5 Å². The number of ether oxygens (including phenoxy) is 1. The van der Waals surface area contributed by atoms with E-state index in [2.05, 4.69) is 10.6 Å². The fourth-order valence-corrected chi connectivity index (χ4v) is 6.08. The number of urea groups is 1. The quantitative estimate of drug-likeness (QED) is 0.311. The van der Waals surface area contributed by atoms with Gasteiger partial charge >= 0.3 is 6.03 Å². The van der Waals surface area contributed by atoms with E-state index >= 15 is 0 Å². The maximum absolute atomic E-state index is 14.9. The van der Waals surface area contributed by atoms with Gasteiger partial charge in [-0.05, 0) is 83.2 Å². The molecule has 210 valence electrons. The number of aliphatic hydroxyl groups excluding tert-OH is 1. The number of carbonyl (C=O) groups is 1. The normalized spacial score (nSPS) is 24.9. The molecule has 1 aliphatic carbocycles. The van der Waals surface area contributed by atoms with Gasteiger partial charge in [0.05, 0.1) is 11.7 Å². The van der Waals surface area contributed by atoms with Crippen molar-refractivity contribution in [3.63, 3.8) is 0 Å². The highest BCUT2D eigenvalue weighted by molar-refractivity contribution is 5.74. The first-order valence-corrected chi connectivity index (χ1v) is 13.8. The Balaban J connectivity index is 1.70. The minimum atomic E-state index is -1.59. The highest BCUT2D eigenvalue weighted by Gasteiger charge is 2.43. The Kier molecular flexibility index (Phi) is 11.6. The SMILES string of the molecule is CNC[C@H](C[C@H]1CC[C@H](O)CC1)NC(=O)N1CCC[C@@H]([C@@](O)(CCCCOC)c2cccc(F)c2F)C1. The lowest BCUT2D eigenvalue weighted by Gasteiger charge is -2.43. The molecule has 2 fully saturated rings. The number of nitrogens with zero attached hydrogens (tertiary/aromatic N) is 1. The molecule has 0 bridgehead atoms. The summed E-state index contributed by atoms with van der Waals surface area (Å²) in [4.78, 5) is 15.0. The zero-order valence-electron chi connectivity index (χ0n) is 22.4. The van der Waals surface area contributed by atoms with Crippen LogP contribution in [-0.4, -0.2) is 73.7 Å². The van der Waals surface area contributed by atoms with E-state index in [1.165, 1.54) is 12.1 Å². The predicted octanol–water partition coefficient (Wildman–Crippen LogP) is 3.92. The lowest BCUT2D eigenvalue weighted by molar-refractivity contribution is -0.0591. The summed E-state index contributed by atoms with van der Waals surface area (Å²) in [5.41, 5.74) is -1.63. The van der Waals surface area contributed by atoms with Crippen molar-refractivity contribution in [1.29, 1.82) is 0 Å². The first-order chi connectivity index (χ1) is 17.8. The van der Waals surface area contributed by atoms with Gasteiger partial charge in [-0.25, -0.2) is 13.6 Å². The molecule has 1 saturated carbocycles. The number of rotatable bonds is 12. The number of benzene rings is 1. The van der Waals surface area contributed by atoms with Crippen LogP contribution < -0.4 is 10.6 Å². The molecule has 2 amide bonds. The molecule has 2 aliphatic rings. The second-order valence-corrected chi connectivity index (χ2v) is 10.9. The third-order valence-corrected chi connectivity index (χ3v) is 8.17. The van der Waals surface area contributed by atoms with Crippen molar-refractivity contribution in [2.75, 3.05) is 40.4 Å². The molecule has 1 aliphatic heterocycles. The number of hydrogen-bond acceptors (Lipinski definition) is 5. The van der Waals surface area contributed by atoms with E-state index < -0.39 is 23.2 Å². The fraction of sp³-hybridized carbons (Fsp3) is 0.750. The van der Waals surface area contributed by atoms with Crippen LogP contribution in [0.5, 0.6) is 0 Å². The van der Waals surface area contributed by atoms with Crippen LogP contribution in [0, 0.1) is 23.5 Å². The van der Waals surface area contributed by atoms with Gasteiger partial charge in [-0.1, -0.05) is 12.1 Å². The lowest BCUT2D eigenvalue weighted by Crippen LogP contribution is -2.54. The van der Waals surface area contributed by atoms with Crippen LogP contribution in [0.25, 0.3) is 0 Å². The van der Waals surface area contributed by atoms with Gasteiger partial charge in [-0.2, -0.15) is 0 Å². The molecule has 9 heteroatoms. The minimum Gasteiger partial charge on any atom is -0.393 e. The zero-order chi connectivity index (χ0) is 26.8. The number of methoxy groups -OCH3 is 1. The lowest BCUT2D eigenvalue weighted by atomic mass is 9.74. The molecule has 1 aromatic carbocycles. The molecule has 0 spiro atoms. The van der Waals surface area contributed by atoms with E-state index in [-0.39, 0.29) is 36.7 Å². The number of aliphatic hydroxyl groups is 2. The summed E-state index contributed by atoms with van der Waals surface area (Å²) in [5.74, 6) is -1.97. The third kappa shape index (κ3) is 8.09. The van der Waals surface area contributed by atoms with Crippen molar-refractivity contribution in [3.8, 4) is 0 Å². The summed E-state index contributed by atoms with van der Waals surface area (Å²) in [5, 5.41) is 28.0. The van der Waals surface area contributed by atoms with Crippen molar-refractivity contribution in [1.82, 2.24) is 15.5 Å². The van der Waals surface area contributed by atoms with Crippen molar-refractivity contribution in [3.05, 3.63) is 35.4 Å². The monoisotopic (exact) mass is 525 g/mol. The Morgan fingerprint density at radius 2 is 1.97 bits per heavy atom.